The topological polar surface area (TPSA) is 51.0 Å². The molecule has 3 N–H and O–H groups in total. The number of ether oxygens (including phenoxy) is 1. The summed E-state index contributed by atoms with van der Waals surface area (Å²) in [5, 5.41) is 1.28. The summed E-state index contributed by atoms with van der Waals surface area (Å²) in [7, 11) is 1.75. The van der Waals surface area contributed by atoms with E-state index < -0.39 is 0 Å². The van der Waals surface area contributed by atoms with Crippen LogP contribution in [0.1, 0.15) is 24.0 Å². The number of hydrogen-bond donors (Lipinski definition) is 2. The molecule has 0 saturated heterocycles. The third-order valence-electron chi connectivity index (χ3n) is 5.58. The lowest BCUT2D eigenvalue weighted by molar-refractivity contribution is 0.413. The number of rotatable bonds is 7. The molecule has 4 aromatic rings. The van der Waals surface area contributed by atoms with E-state index in [2.05, 4.69) is 78.6 Å². The van der Waals surface area contributed by atoms with Crippen molar-refractivity contribution in [2.24, 2.45) is 5.73 Å². The van der Waals surface area contributed by atoms with E-state index in [0.717, 1.165) is 53.9 Å². The maximum atomic E-state index is 5.77. The minimum Gasteiger partial charge on any atom is -0.496 e. The second kappa shape index (κ2) is 8.54. The molecule has 0 fully saturated rings. The number of hydrogen-bond acceptors (Lipinski definition) is 2. The summed E-state index contributed by atoms with van der Waals surface area (Å²) < 4.78 is 5.76. The van der Waals surface area contributed by atoms with Gasteiger partial charge in [-0.1, -0.05) is 48.5 Å². The number of methoxy groups -OCH3 is 1. The van der Waals surface area contributed by atoms with E-state index in [1.165, 1.54) is 22.1 Å². The molecule has 0 radical (unpaired) electrons. The highest BCUT2D eigenvalue weighted by Crippen LogP contribution is 2.39. The third kappa shape index (κ3) is 3.79. The molecular formula is C26H28N2O. The van der Waals surface area contributed by atoms with Crippen molar-refractivity contribution < 1.29 is 4.74 Å². The molecule has 0 atom stereocenters. The Morgan fingerprint density at radius 3 is 2.48 bits per heavy atom. The van der Waals surface area contributed by atoms with Crippen LogP contribution in [-0.4, -0.2) is 18.6 Å². The molecule has 3 heteroatoms. The highest BCUT2D eigenvalue weighted by molar-refractivity contribution is 5.94. The van der Waals surface area contributed by atoms with Gasteiger partial charge in [-0.15, -0.1) is 0 Å². The van der Waals surface area contributed by atoms with E-state index in [4.69, 9.17) is 10.5 Å². The molecule has 3 aromatic carbocycles. The minimum absolute atomic E-state index is 0.723. The van der Waals surface area contributed by atoms with Gasteiger partial charge >= 0.3 is 0 Å². The van der Waals surface area contributed by atoms with E-state index in [0.29, 0.717) is 0 Å². The van der Waals surface area contributed by atoms with Crippen molar-refractivity contribution in [3.8, 4) is 28.1 Å². The fourth-order valence-electron chi connectivity index (χ4n) is 4.11. The van der Waals surface area contributed by atoms with Crippen LogP contribution < -0.4 is 10.5 Å². The SMILES string of the molecule is COc1c(C)cccc1-c1[nH]c2ccc(-c3ccccc3)cc2c1CCCCN. The monoisotopic (exact) mass is 384 g/mol. The molecule has 0 aliphatic heterocycles. The number of nitrogens with one attached hydrogen (secondary N) is 1. The summed E-state index contributed by atoms with van der Waals surface area (Å²) in [5.41, 5.74) is 14.2. The highest BCUT2D eigenvalue weighted by Gasteiger charge is 2.17. The average Bonchev–Trinajstić information content (AvgIpc) is 3.12. The second-order valence-corrected chi connectivity index (χ2v) is 7.51. The Balaban J connectivity index is 1.90. The smallest absolute Gasteiger partial charge is 0.131 e. The van der Waals surface area contributed by atoms with Crippen molar-refractivity contribution in [2.45, 2.75) is 26.2 Å². The first-order chi connectivity index (χ1) is 14.2. The summed E-state index contributed by atoms with van der Waals surface area (Å²) in [6, 6.07) is 23.6. The van der Waals surface area contributed by atoms with Gasteiger partial charge in [0.15, 0.2) is 0 Å². The first kappa shape index (κ1) is 19.3. The van der Waals surface area contributed by atoms with Gasteiger partial charge in [-0.25, -0.2) is 0 Å². The lowest BCUT2D eigenvalue weighted by Gasteiger charge is -2.12. The molecule has 29 heavy (non-hydrogen) atoms. The molecular weight excluding hydrogens is 356 g/mol. The van der Waals surface area contributed by atoms with E-state index >= 15 is 0 Å². The van der Waals surface area contributed by atoms with Crippen LogP contribution in [0.15, 0.2) is 66.7 Å². The Kier molecular flexibility index (Phi) is 5.68. The molecule has 1 heterocycles. The number of unbranched alkanes of at least 4 members (excludes halogenated alkanes) is 1. The van der Waals surface area contributed by atoms with Crippen LogP contribution in [0, 0.1) is 6.92 Å². The Morgan fingerprint density at radius 2 is 1.72 bits per heavy atom. The number of para-hydroxylation sites is 1. The van der Waals surface area contributed by atoms with Crippen LogP contribution in [-0.2, 0) is 6.42 Å². The minimum atomic E-state index is 0.723. The van der Waals surface area contributed by atoms with E-state index in [1.54, 1.807) is 7.11 Å². The predicted octanol–water partition coefficient (Wildman–Crippen LogP) is 6.10. The van der Waals surface area contributed by atoms with Gasteiger partial charge in [0, 0.05) is 16.5 Å². The van der Waals surface area contributed by atoms with Gasteiger partial charge in [0.05, 0.1) is 12.8 Å². The van der Waals surface area contributed by atoms with Gasteiger partial charge < -0.3 is 15.5 Å². The summed E-state index contributed by atoms with van der Waals surface area (Å²) in [5.74, 6) is 0.933. The number of nitrogens with two attached hydrogens (primary N) is 1. The number of benzene rings is 3. The van der Waals surface area contributed by atoms with Crippen LogP contribution in [0.2, 0.25) is 0 Å². The standard InChI is InChI=1S/C26H28N2O/c1-18-9-8-13-22(26(18)29-2)25-21(12-6-7-16-27)23-17-20(14-15-24(23)28-25)19-10-4-3-5-11-19/h3-5,8-11,13-15,17,28H,6-7,12,16,27H2,1-2H3. The first-order valence-electron chi connectivity index (χ1n) is 10.3. The summed E-state index contributed by atoms with van der Waals surface area (Å²) >= 11 is 0. The zero-order valence-electron chi connectivity index (χ0n) is 17.2. The largest absolute Gasteiger partial charge is 0.496 e. The van der Waals surface area contributed by atoms with Gasteiger partial charge in [0.2, 0.25) is 0 Å². The summed E-state index contributed by atoms with van der Waals surface area (Å²) in [6.07, 6.45) is 3.08. The quantitative estimate of drug-likeness (QED) is 0.378. The zero-order valence-corrected chi connectivity index (χ0v) is 17.2. The molecule has 0 aliphatic carbocycles. The molecule has 4 rings (SSSR count). The molecule has 0 bridgehead atoms. The Hall–Kier alpha value is -3.04. The number of fused-ring (bicyclic) bond motifs is 1. The molecule has 3 nitrogen and oxygen atoms in total. The normalized spacial score (nSPS) is 11.1. The Labute approximate surface area is 172 Å². The zero-order chi connectivity index (χ0) is 20.2. The molecule has 1 aromatic heterocycles. The number of aryl methyl sites for hydroxylation is 2. The maximum Gasteiger partial charge on any atom is 0.131 e. The van der Waals surface area contributed by atoms with E-state index in [9.17, 15) is 0 Å². The fourth-order valence-corrected chi connectivity index (χ4v) is 4.11. The summed E-state index contributed by atoms with van der Waals surface area (Å²) in [4.78, 5) is 3.68. The Morgan fingerprint density at radius 1 is 0.897 bits per heavy atom. The van der Waals surface area contributed by atoms with Gasteiger partial charge in [-0.3, -0.25) is 0 Å². The molecule has 0 amide bonds. The molecule has 0 unspecified atom stereocenters. The number of aromatic nitrogens is 1. The van der Waals surface area contributed by atoms with Crippen molar-refractivity contribution in [2.75, 3.05) is 13.7 Å². The molecule has 0 aliphatic rings. The van der Waals surface area contributed by atoms with Gasteiger partial charge in [-0.2, -0.15) is 0 Å². The highest BCUT2D eigenvalue weighted by atomic mass is 16.5. The predicted molar refractivity (Wildman–Crippen MR) is 122 cm³/mol. The second-order valence-electron chi connectivity index (χ2n) is 7.51. The van der Waals surface area contributed by atoms with Gasteiger partial charge in [0.25, 0.3) is 0 Å². The lowest BCUT2D eigenvalue weighted by atomic mass is 9.96. The van der Waals surface area contributed by atoms with Crippen molar-refractivity contribution in [1.82, 2.24) is 4.98 Å². The van der Waals surface area contributed by atoms with Crippen LogP contribution in [0.4, 0.5) is 0 Å². The van der Waals surface area contributed by atoms with Crippen molar-refractivity contribution >= 4 is 10.9 Å². The van der Waals surface area contributed by atoms with E-state index in [-0.39, 0.29) is 0 Å². The van der Waals surface area contributed by atoms with Crippen molar-refractivity contribution in [3.63, 3.8) is 0 Å². The first-order valence-corrected chi connectivity index (χ1v) is 10.3. The molecule has 148 valence electrons. The van der Waals surface area contributed by atoms with Crippen LogP contribution >= 0.6 is 0 Å². The van der Waals surface area contributed by atoms with Crippen LogP contribution in [0.3, 0.4) is 0 Å². The van der Waals surface area contributed by atoms with E-state index in [1.807, 2.05) is 0 Å². The van der Waals surface area contributed by atoms with Crippen LogP contribution in [0.5, 0.6) is 5.75 Å². The lowest BCUT2D eigenvalue weighted by Crippen LogP contribution is -2.00. The third-order valence-corrected chi connectivity index (χ3v) is 5.58. The average molecular weight is 385 g/mol. The van der Waals surface area contributed by atoms with Crippen molar-refractivity contribution in [1.29, 1.82) is 0 Å². The summed E-state index contributed by atoms with van der Waals surface area (Å²) in [6.45, 7) is 2.81. The van der Waals surface area contributed by atoms with Crippen molar-refractivity contribution in [3.05, 3.63) is 77.9 Å². The number of H-pyrrole nitrogens is 1. The van der Waals surface area contributed by atoms with Crippen LogP contribution in [0.25, 0.3) is 33.3 Å². The Bertz CT molecular complexity index is 1110. The molecule has 0 spiro atoms. The fraction of sp³-hybridized carbons (Fsp3) is 0.231. The maximum absolute atomic E-state index is 5.77. The van der Waals surface area contributed by atoms with Gasteiger partial charge in [-0.05, 0) is 73.2 Å². The van der Waals surface area contributed by atoms with Gasteiger partial charge in [0.1, 0.15) is 5.75 Å². The molecule has 0 saturated carbocycles. The number of aromatic amines is 1.